The minimum atomic E-state index is -0.276. The van der Waals surface area contributed by atoms with Crippen molar-refractivity contribution in [2.24, 2.45) is 0 Å². The zero-order valence-corrected chi connectivity index (χ0v) is 8.67. The lowest BCUT2D eigenvalue weighted by Gasteiger charge is -2.26. The van der Waals surface area contributed by atoms with Gasteiger partial charge in [-0.1, -0.05) is 0 Å². The highest BCUT2D eigenvalue weighted by atomic mass is 16.6. The molecular formula is C11H11N3O2. The van der Waals surface area contributed by atoms with Crippen molar-refractivity contribution in [1.29, 1.82) is 0 Å². The van der Waals surface area contributed by atoms with Gasteiger partial charge in [0.1, 0.15) is 5.65 Å². The summed E-state index contributed by atoms with van der Waals surface area (Å²) in [5.41, 5.74) is 1.67. The molecule has 0 N–H and O–H groups in total. The van der Waals surface area contributed by atoms with Crippen LogP contribution in [0.3, 0.4) is 0 Å². The van der Waals surface area contributed by atoms with Gasteiger partial charge in [-0.25, -0.2) is 9.78 Å². The summed E-state index contributed by atoms with van der Waals surface area (Å²) in [6.45, 7) is 1.22. The molecule has 5 nitrogen and oxygen atoms in total. The topological polar surface area (TPSA) is 46.8 Å². The van der Waals surface area contributed by atoms with Gasteiger partial charge in [-0.3, -0.25) is 4.90 Å². The molecule has 5 heteroatoms. The van der Waals surface area contributed by atoms with Crippen LogP contribution in [0.4, 0.5) is 10.5 Å². The van der Waals surface area contributed by atoms with Crippen molar-refractivity contribution >= 4 is 17.4 Å². The monoisotopic (exact) mass is 217 g/mol. The number of imidazole rings is 1. The van der Waals surface area contributed by atoms with E-state index in [2.05, 4.69) is 4.98 Å². The molecule has 1 amide bonds. The Labute approximate surface area is 92.3 Å². The summed E-state index contributed by atoms with van der Waals surface area (Å²) < 4.78 is 6.90. The summed E-state index contributed by atoms with van der Waals surface area (Å²) in [5.74, 6) is 0. The molecule has 0 saturated carbocycles. The zero-order chi connectivity index (χ0) is 11.0. The molecule has 1 aliphatic rings. The van der Waals surface area contributed by atoms with Crippen molar-refractivity contribution in [3.63, 3.8) is 0 Å². The summed E-state index contributed by atoms with van der Waals surface area (Å²) in [6, 6.07) is 3.77. The number of cyclic esters (lactones) is 1. The Morgan fingerprint density at radius 2 is 2.31 bits per heavy atom. The second-order valence-electron chi connectivity index (χ2n) is 3.70. The molecule has 0 aromatic carbocycles. The molecule has 2 aromatic rings. The van der Waals surface area contributed by atoms with Crippen molar-refractivity contribution in [3.05, 3.63) is 30.7 Å². The van der Waals surface area contributed by atoms with Gasteiger partial charge in [-0.2, -0.15) is 0 Å². The van der Waals surface area contributed by atoms with Crippen LogP contribution in [0.25, 0.3) is 5.65 Å². The van der Waals surface area contributed by atoms with Crippen molar-refractivity contribution in [3.8, 4) is 0 Å². The van der Waals surface area contributed by atoms with Crippen LogP contribution in [0.5, 0.6) is 0 Å². The number of carbonyl (C=O) groups excluding carboxylic acids is 1. The Morgan fingerprint density at radius 3 is 3.19 bits per heavy atom. The number of nitrogens with zero attached hydrogens (tertiary/aromatic N) is 3. The number of ether oxygens (including phenoxy) is 1. The van der Waals surface area contributed by atoms with Gasteiger partial charge in [-0.05, 0) is 12.5 Å². The van der Waals surface area contributed by atoms with Crippen molar-refractivity contribution in [2.45, 2.75) is 6.42 Å². The fraction of sp³-hybridized carbons (Fsp3) is 0.273. The largest absolute Gasteiger partial charge is 0.449 e. The molecule has 16 heavy (non-hydrogen) atoms. The first kappa shape index (κ1) is 9.21. The second-order valence-corrected chi connectivity index (χ2v) is 3.70. The van der Waals surface area contributed by atoms with E-state index in [0.717, 1.165) is 17.8 Å². The third kappa shape index (κ3) is 1.41. The minimum absolute atomic E-state index is 0.276. The maximum absolute atomic E-state index is 11.5. The molecule has 0 unspecified atom stereocenters. The second kappa shape index (κ2) is 3.52. The Bertz CT molecular complexity index is 535. The minimum Gasteiger partial charge on any atom is -0.449 e. The molecule has 0 spiro atoms. The average Bonchev–Trinajstić information content (AvgIpc) is 2.76. The number of carbonyl (C=O) groups is 1. The predicted molar refractivity (Wildman–Crippen MR) is 58.5 cm³/mol. The quantitative estimate of drug-likeness (QED) is 0.730. The summed E-state index contributed by atoms with van der Waals surface area (Å²) in [4.78, 5) is 17.4. The van der Waals surface area contributed by atoms with Gasteiger partial charge < -0.3 is 9.14 Å². The lowest BCUT2D eigenvalue weighted by atomic mass is 10.3. The van der Waals surface area contributed by atoms with Gasteiger partial charge in [0, 0.05) is 31.2 Å². The first-order chi connectivity index (χ1) is 7.84. The van der Waals surface area contributed by atoms with E-state index in [4.69, 9.17) is 4.74 Å². The number of aromatic nitrogens is 2. The van der Waals surface area contributed by atoms with Crippen LogP contribution in [0.2, 0.25) is 0 Å². The first-order valence-corrected chi connectivity index (χ1v) is 5.21. The lowest BCUT2D eigenvalue weighted by molar-refractivity contribution is 0.140. The van der Waals surface area contributed by atoms with E-state index < -0.39 is 0 Å². The molecule has 0 atom stereocenters. The van der Waals surface area contributed by atoms with Crippen LogP contribution in [0, 0.1) is 0 Å². The van der Waals surface area contributed by atoms with E-state index in [1.54, 1.807) is 11.1 Å². The van der Waals surface area contributed by atoms with Crippen LogP contribution in [-0.4, -0.2) is 28.6 Å². The maximum atomic E-state index is 11.5. The van der Waals surface area contributed by atoms with Crippen LogP contribution in [0.15, 0.2) is 30.7 Å². The Morgan fingerprint density at radius 1 is 1.38 bits per heavy atom. The van der Waals surface area contributed by atoms with Crippen molar-refractivity contribution < 1.29 is 9.53 Å². The summed E-state index contributed by atoms with van der Waals surface area (Å²) in [5, 5.41) is 0. The fourth-order valence-corrected chi connectivity index (χ4v) is 1.85. The van der Waals surface area contributed by atoms with Gasteiger partial charge in [0.05, 0.1) is 12.3 Å². The van der Waals surface area contributed by atoms with E-state index in [1.165, 1.54) is 0 Å². The van der Waals surface area contributed by atoms with E-state index in [9.17, 15) is 4.79 Å². The number of anilines is 1. The summed E-state index contributed by atoms with van der Waals surface area (Å²) in [6.07, 6.45) is 6.08. The molecule has 1 fully saturated rings. The normalized spacial score (nSPS) is 16.5. The van der Waals surface area contributed by atoms with Gasteiger partial charge in [0.15, 0.2) is 0 Å². The number of pyridine rings is 1. The van der Waals surface area contributed by atoms with Gasteiger partial charge in [0.25, 0.3) is 0 Å². The molecule has 3 heterocycles. The van der Waals surface area contributed by atoms with Gasteiger partial charge in [-0.15, -0.1) is 0 Å². The van der Waals surface area contributed by atoms with E-state index in [-0.39, 0.29) is 6.09 Å². The molecule has 2 aromatic heterocycles. The molecule has 0 bridgehead atoms. The highest BCUT2D eigenvalue weighted by Crippen LogP contribution is 2.19. The smallest absolute Gasteiger partial charge is 0.414 e. The van der Waals surface area contributed by atoms with Gasteiger partial charge in [0.2, 0.25) is 0 Å². The highest BCUT2D eigenvalue weighted by Gasteiger charge is 2.21. The number of rotatable bonds is 1. The molecule has 82 valence electrons. The number of fused-ring (bicyclic) bond motifs is 1. The van der Waals surface area contributed by atoms with Gasteiger partial charge >= 0.3 is 6.09 Å². The summed E-state index contributed by atoms with van der Waals surface area (Å²) >= 11 is 0. The standard InChI is InChI=1S/C11H11N3O2/c15-11-14(4-1-7-16-11)9-2-5-13-6-3-12-10(13)8-9/h2-3,5-6,8H,1,4,7H2. The molecular weight excluding hydrogens is 206 g/mol. The molecule has 1 aliphatic heterocycles. The lowest BCUT2D eigenvalue weighted by Crippen LogP contribution is -2.37. The molecule has 0 radical (unpaired) electrons. The van der Waals surface area contributed by atoms with Crippen molar-refractivity contribution in [2.75, 3.05) is 18.1 Å². The van der Waals surface area contributed by atoms with Crippen LogP contribution in [0.1, 0.15) is 6.42 Å². The van der Waals surface area contributed by atoms with E-state index in [0.29, 0.717) is 13.2 Å². The Balaban J connectivity index is 2.00. The SMILES string of the molecule is O=C1OCCCN1c1ccn2ccnc2c1. The molecule has 0 aliphatic carbocycles. The highest BCUT2D eigenvalue weighted by molar-refractivity contribution is 5.88. The predicted octanol–water partition coefficient (Wildman–Crippen LogP) is 1.68. The number of amides is 1. The third-order valence-corrected chi connectivity index (χ3v) is 2.67. The third-order valence-electron chi connectivity index (χ3n) is 2.67. The van der Waals surface area contributed by atoms with Crippen LogP contribution < -0.4 is 4.90 Å². The molecule has 3 rings (SSSR count). The van der Waals surface area contributed by atoms with E-state index >= 15 is 0 Å². The fourth-order valence-electron chi connectivity index (χ4n) is 1.85. The zero-order valence-electron chi connectivity index (χ0n) is 8.67. The average molecular weight is 217 g/mol. The maximum Gasteiger partial charge on any atom is 0.414 e. The number of hydrogen-bond donors (Lipinski definition) is 0. The molecule has 1 saturated heterocycles. The number of hydrogen-bond acceptors (Lipinski definition) is 3. The summed E-state index contributed by atoms with van der Waals surface area (Å²) in [7, 11) is 0. The van der Waals surface area contributed by atoms with Crippen LogP contribution in [-0.2, 0) is 4.74 Å². The first-order valence-electron chi connectivity index (χ1n) is 5.21. The van der Waals surface area contributed by atoms with E-state index in [1.807, 2.05) is 28.9 Å². The Hall–Kier alpha value is -2.04. The van der Waals surface area contributed by atoms with Crippen LogP contribution >= 0.6 is 0 Å². The Kier molecular flexibility index (Phi) is 2.02. The van der Waals surface area contributed by atoms with Crippen molar-refractivity contribution in [1.82, 2.24) is 9.38 Å².